The van der Waals surface area contributed by atoms with Gasteiger partial charge in [-0.1, -0.05) is 62.9 Å². The Hall–Kier alpha value is -3.17. The molecule has 0 aliphatic rings. The number of Topliss-reactive ketones (excluding diaryl/α,β-unsaturated/α-hetero) is 1. The lowest BCUT2D eigenvalue weighted by atomic mass is 9.96. The van der Waals surface area contributed by atoms with E-state index in [-0.39, 0.29) is 17.4 Å². The van der Waals surface area contributed by atoms with Crippen LogP contribution in [-0.4, -0.2) is 32.2 Å². The Labute approximate surface area is 206 Å². The monoisotopic (exact) mass is 494 g/mol. The van der Waals surface area contributed by atoms with Crippen LogP contribution in [0.1, 0.15) is 40.9 Å². The lowest BCUT2D eigenvalue weighted by Crippen LogP contribution is -2.34. The second-order valence-corrected chi connectivity index (χ2v) is 10.9. The van der Waals surface area contributed by atoms with Gasteiger partial charge in [0.25, 0.3) is 0 Å². The maximum atomic E-state index is 12.9. The third kappa shape index (κ3) is 5.84. The van der Waals surface area contributed by atoms with E-state index in [1.54, 1.807) is 6.26 Å². The second kappa shape index (κ2) is 10.4. The number of hydrogen-bond donors (Lipinski definition) is 1. The number of ketones is 1. The molecule has 3 heterocycles. The number of carbonyl (C=O) groups excluding carboxylic acids is 2. The summed E-state index contributed by atoms with van der Waals surface area (Å²) in [6.45, 7) is 6.60. The van der Waals surface area contributed by atoms with Gasteiger partial charge in [-0.05, 0) is 29.8 Å². The van der Waals surface area contributed by atoms with Gasteiger partial charge in [-0.25, -0.2) is 0 Å². The van der Waals surface area contributed by atoms with Crippen molar-refractivity contribution in [1.29, 1.82) is 0 Å². The molecule has 0 fully saturated rings. The molecule has 4 rings (SSSR count). The maximum Gasteiger partial charge on any atom is 0.225 e. The molecule has 1 N–H and O–H groups in total. The first-order chi connectivity index (χ1) is 16.3. The molecule has 0 spiro atoms. The van der Waals surface area contributed by atoms with E-state index < -0.39 is 5.41 Å². The van der Waals surface area contributed by atoms with Crippen molar-refractivity contribution in [3.63, 3.8) is 0 Å². The fourth-order valence-corrected chi connectivity index (χ4v) is 4.95. The molecule has 0 saturated carbocycles. The van der Waals surface area contributed by atoms with E-state index >= 15 is 0 Å². The Morgan fingerprint density at radius 1 is 1.06 bits per heavy atom. The predicted octanol–water partition coefficient (Wildman–Crippen LogP) is 5.29. The average molecular weight is 495 g/mol. The van der Waals surface area contributed by atoms with E-state index in [4.69, 9.17) is 4.42 Å². The third-order valence-electron chi connectivity index (χ3n) is 5.02. The van der Waals surface area contributed by atoms with Gasteiger partial charge >= 0.3 is 0 Å². The van der Waals surface area contributed by atoms with Crippen molar-refractivity contribution in [3.05, 3.63) is 76.2 Å². The summed E-state index contributed by atoms with van der Waals surface area (Å²) < 4.78 is 7.51. The summed E-state index contributed by atoms with van der Waals surface area (Å²) in [6, 6.07) is 17.4. The van der Waals surface area contributed by atoms with E-state index in [9.17, 15) is 9.59 Å². The van der Waals surface area contributed by atoms with E-state index in [2.05, 4.69) is 15.5 Å². The van der Waals surface area contributed by atoms with Crippen LogP contribution in [0.2, 0.25) is 0 Å². The fraction of sp³-hybridized carbons (Fsp3) is 0.280. The smallest absolute Gasteiger partial charge is 0.225 e. The minimum absolute atomic E-state index is 0.0113. The largest absolute Gasteiger partial charge is 0.461 e. The van der Waals surface area contributed by atoms with Gasteiger partial charge in [-0.2, -0.15) is 0 Å². The van der Waals surface area contributed by atoms with Gasteiger partial charge in [-0.3, -0.25) is 14.2 Å². The minimum Gasteiger partial charge on any atom is -0.461 e. The number of hydrogen-bond acceptors (Lipinski definition) is 7. The summed E-state index contributed by atoms with van der Waals surface area (Å²) in [6.07, 6.45) is 1.60. The van der Waals surface area contributed by atoms with Gasteiger partial charge < -0.3 is 9.73 Å². The number of carbonyl (C=O) groups is 2. The number of benzene rings is 1. The summed E-state index contributed by atoms with van der Waals surface area (Å²) in [7, 11) is 0. The van der Waals surface area contributed by atoms with Crippen LogP contribution >= 0.6 is 23.1 Å². The van der Waals surface area contributed by atoms with Crippen molar-refractivity contribution >= 4 is 34.8 Å². The Morgan fingerprint density at radius 2 is 1.85 bits per heavy atom. The summed E-state index contributed by atoms with van der Waals surface area (Å²) in [5.74, 6) is 1.48. The Balaban J connectivity index is 1.44. The molecular formula is C25H26N4O3S2. The van der Waals surface area contributed by atoms with Gasteiger partial charge in [0.2, 0.25) is 11.7 Å². The number of nitrogens with zero attached hydrogens (tertiary/aromatic N) is 3. The molecule has 3 aromatic heterocycles. The van der Waals surface area contributed by atoms with Crippen LogP contribution in [0, 0.1) is 5.41 Å². The molecule has 7 nitrogen and oxygen atoms in total. The van der Waals surface area contributed by atoms with Crippen molar-refractivity contribution in [2.75, 3.05) is 5.75 Å². The van der Waals surface area contributed by atoms with E-state index in [0.29, 0.717) is 34.7 Å². The summed E-state index contributed by atoms with van der Waals surface area (Å²) in [4.78, 5) is 26.6. The summed E-state index contributed by atoms with van der Waals surface area (Å²) in [5.41, 5.74) is 0.653. The van der Waals surface area contributed by atoms with Gasteiger partial charge in [0.15, 0.2) is 16.7 Å². The highest BCUT2D eigenvalue weighted by molar-refractivity contribution is 7.99. The number of aromatic nitrogens is 3. The lowest BCUT2D eigenvalue weighted by Gasteiger charge is -2.17. The normalized spacial score (nSPS) is 11.5. The van der Waals surface area contributed by atoms with E-state index in [0.717, 1.165) is 10.4 Å². The molecule has 0 aliphatic carbocycles. The van der Waals surface area contributed by atoms with E-state index in [1.165, 1.54) is 23.1 Å². The van der Waals surface area contributed by atoms with Crippen LogP contribution in [0.5, 0.6) is 0 Å². The van der Waals surface area contributed by atoms with E-state index in [1.807, 2.05) is 79.9 Å². The number of nitrogens with one attached hydrogen (secondary N) is 1. The lowest BCUT2D eigenvalue weighted by molar-refractivity contribution is -0.128. The number of thioether (sulfide) groups is 1. The summed E-state index contributed by atoms with van der Waals surface area (Å²) >= 11 is 2.76. The Kier molecular flexibility index (Phi) is 7.33. The third-order valence-corrected chi connectivity index (χ3v) is 7.11. The molecule has 176 valence electrons. The first-order valence-electron chi connectivity index (χ1n) is 10.9. The van der Waals surface area contributed by atoms with Gasteiger partial charge in [0.1, 0.15) is 0 Å². The van der Waals surface area contributed by atoms with Gasteiger partial charge in [0, 0.05) is 10.3 Å². The maximum absolute atomic E-state index is 12.9. The van der Waals surface area contributed by atoms with Crippen LogP contribution < -0.4 is 5.32 Å². The molecular weight excluding hydrogens is 468 g/mol. The highest BCUT2D eigenvalue weighted by Gasteiger charge is 2.21. The molecule has 0 aliphatic heterocycles. The van der Waals surface area contributed by atoms with Crippen molar-refractivity contribution in [2.24, 2.45) is 5.41 Å². The van der Waals surface area contributed by atoms with Crippen LogP contribution in [0.15, 0.2) is 70.4 Å². The quantitative estimate of drug-likeness (QED) is 0.251. The molecule has 0 radical (unpaired) electrons. The molecule has 9 heteroatoms. The van der Waals surface area contributed by atoms with Gasteiger partial charge in [-0.15, -0.1) is 21.5 Å². The zero-order valence-corrected chi connectivity index (χ0v) is 20.9. The van der Waals surface area contributed by atoms with Crippen LogP contribution in [-0.2, 0) is 17.9 Å². The highest BCUT2D eigenvalue weighted by Crippen LogP contribution is 2.27. The number of rotatable bonds is 9. The van der Waals surface area contributed by atoms with Crippen LogP contribution in [0.4, 0.5) is 0 Å². The average Bonchev–Trinajstić information content (AvgIpc) is 3.57. The van der Waals surface area contributed by atoms with Crippen molar-refractivity contribution in [1.82, 2.24) is 20.1 Å². The summed E-state index contributed by atoms with van der Waals surface area (Å²) in [5, 5.41) is 12.2. The Morgan fingerprint density at radius 3 is 2.56 bits per heavy atom. The molecule has 1 aromatic carbocycles. The zero-order chi connectivity index (χ0) is 24.1. The Bertz CT molecular complexity index is 1260. The molecule has 0 bridgehead atoms. The zero-order valence-electron chi connectivity index (χ0n) is 19.3. The number of thiophene rings is 1. The first-order valence-corrected chi connectivity index (χ1v) is 12.7. The molecule has 0 unspecified atom stereocenters. The van der Waals surface area contributed by atoms with Crippen molar-refractivity contribution < 1.29 is 14.0 Å². The van der Waals surface area contributed by atoms with Crippen molar-refractivity contribution in [3.8, 4) is 11.6 Å². The molecule has 0 atom stereocenters. The first kappa shape index (κ1) is 24.0. The predicted molar refractivity (Wildman–Crippen MR) is 134 cm³/mol. The molecule has 4 aromatic rings. The number of amides is 1. The SMILES string of the molecule is CC(C)(C)C(=O)NCc1ccc(C(=O)CSc2nnc(-c3ccco3)n2Cc2ccccc2)s1. The minimum atomic E-state index is -0.448. The fourth-order valence-electron chi connectivity index (χ4n) is 3.15. The van der Waals surface area contributed by atoms with Crippen molar-refractivity contribution in [2.45, 2.75) is 39.0 Å². The highest BCUT2D eigenvalue weighted by atomic mass is 32.2. The van der Waals surface area contributed by atoms with Crippen LogP contribution in [0.3, 0.4) is 0 Å². The van der Waals surface area contributed by atoms with Gasteiger partial charge in [0.05, 0.1) is 30.0 Å². The molecule has 0 saturated heterocycles. The standard InChI is InChI=1S/C25H26N4O3S2/c1-25(2,3)23(31)26-14-18-11-12-21(34-18)19(30)16-33-24-28-27-22(20-10-7-13-32-20)29(24)15-17-8-5-4-6-9-17/h4-13H,14-16H2,1-3H3,(H,26,31). The molecule has 34 heavy (non-hydrogen) atoms. The topological polar surface area (TPSA) is 90.0 Å². The molecule has 1 amide bonds. The second-order valence-electron chi connectivity index (χ2n) is 8.77. The van der Waals surface area contributed by atoms with Crippen LogP contribution in [0.25, 0.3) is 11.6 Å². The number of furan rings is 1.